The van der Waals surface area contributed by atoms with E-state index in [2.05, 4.69) is 0 Å². The Hall–Kier alpha value is 5.39. The van der Waals surface area contributed by atoms with Crippen molar-refractivity contribution < 1.29 is 112 Å². The molecule has 0 nitrogen and oxygen atoms in total. The molecule has 0 aromatic rings. The Morgan fingerprint density at radius 1 is 0.625 bits per heavy atom. The van der Waals surface area contributed by atoms with Crippen LogP contribution in [0.2, 0.25) is 0 Å². The Morgan fingerprint density at radius 2 is 0.625 bits per heavy atom. The van der Waals surface area contributed by atoms with E-state index in [-0.39, 0.29) is 103 Å². The molecule has 47 valence electrons. The van der Waals surface area contributed by atoms with E-state index in [0.29, 0.717) is 0 Å². The van der Waals surface area contributed by atoms with Crippen molar-refractivity contribution in [2.75, 3.05) is 0 Å². The SMILES string of the molecule is [Cl][Pd-2]([Cl])([Cl])([Cl])[Cl].[K+].[K+]. The van der Waals surface area contributed by atoms with Crippen molar-refractivity contribution >= 4 is 47.6 Å². The molecule has 0 spiro atoms. The summed E-state index contributed by atoms with van der Waals surface area (Å²) < 4.78 is 0. The van der Waals surface area contributed by atoms with Gasteiger partial charge in [0.2, 0.25) is 0 Å². The maximum absolute atomic E-state index is 5.01. The standard InChI is InChI=1S/5ClH.2K.Pd/h5*1H;;;/q;;;;;2*+1;+3/p-5. The molecule has 0 N–H and O–H groups in total. The summed E-state index contributed by atoms with van der Waals surface area (Å²) in [7, 11) is 21.1. The van der Waals surface area contributed by atoms with E-state index in [1.54, 1.807) is 0 Å². The zero-order valence-corrected chi connectivity index (χ0v) is 15.8. The molecule has 0 atom stereocenters. The van der Waals surface area contributed by atoms with E-state index in [9.17, 15) is 0 Å². The fourth-order valence-electron chi connectivity index (χ4n) is 0. The van der Waals surface area contributed by atoms with Gasteiger partial charge in [0, 0.05) is 0 Å². The molecular weight excluding hydrogens is 362 g/mol. The van der Waals surface area contributed by atoms with Crippen LogP contribution >= 0.6 is 47.6 Å². The third-order valence-electron chi connectivity index (χ3n) is 0. The molecule has 0 bridgehead atoms. The van der Waals surface area contributed by atoms with Crippen molar-refractivity contribution in [2.45, 2.75) is 0 Å². The Labute approximate surface area is 154 Å². The second kappa shape index (κ2) is 6.78. The first-order valence-corrected chi connectivity index (χ1v) is 10.6. The Morgan fingerprint density at radius 3 is 0.625 bits per heavy atom. The fraction of sp³-hybridized carbons (Fsp3) is 0. The molecule has 0 fully saturated rings. The summed E-state index contributed by atoms with van der Waals surface area (Å²) in [6.07, 6.45) is 0. The van der Waals surface area contributed by atoms with Gasteiger partial charge in [-0.2, -0.15) is 0 Å². The minimum atomic E-state index is -3.97. The normalized spacial score (nSPS) is 14.4. The molecule has 0 amide bonds. The number of halogens is 5. The van der Waals surface area contributed by atoms with Gasteiger partial charge in [0.25, 0.3) is 0 Å². The van der Waals surface area contributed by atoms with Crippen molar-refractivity contribution in [3.63, 3.8) is 0 Å². The van der Waals surface area contributed by atoms with Crippen molar-refractivity contribution in [3.8, 4) is 0 Å². The second-order valence-corrected chi connectivity index (χ2v) is 24.1. The number of hydrogen-bond donors (Lipinski definition) is 0. The first-order valence-electron chi connectivity index (χ1n) is 0.598. The van der Waals surface area contributed by atoms with Crippen LogP contribution in [0.5, 0.6) is 0 Å². The van der Waals surface area contributed by atoms with Crippen LogP contribution in [0.1, 0.15) is 0 Å². The van der Waals surface area contributed by atoms with Gasteiger partial charge in [0.05, 0.1) is 0 Å². The van der Waals surface area contributed by atoms with E-state index >= 15 is 0 Å². The maximum Gasteiger partial charge on any atom is 1.00 e. The summed E-state index contributed by atoms with van der Waals surface area (Å²) in [6.45, 7) is 0. The van der Waals surface area contributed by atoms with E-state index in [4.69, 9.17) is 47.6 Å². The molecule has 0 aromatic carbocycles. The van der Waals surface area contributed by atoms with Gasteiger partial charge in [-0.3, -0.25) is 0 Å². The summed E-state index contributed by atoms with van der Waals surface area (Å²) in [4.78, 5) is 0. The molecule has 0 heterocycles. The third kappa shape index (κ3) is 42.3. The van der Waals surface area contributed by atoms with Crippen LogP contribution in [0, 0.1) is 0 Å². The quantitative estimate of drug-likeness (QED) is 0.417. The third-order valence-corrected chi connectivity index (χ3v) is 0. The Balaban J connectivity index is -0.000000125. The van der Waals surface area contributed by atoms with Gasteiger partial charge in [-0.1, -0.05) is 0 Å². The minimum absolute atomic E-state index is 0. The smallest absolute Gasteiger partial charge is 1.00 e. The molecular formula is Cl5K2Pd. The summed E-state index contributed by atoms with van der Waals surface area (Å²) in [5.74, 6) is 0. The fourth-order valence-corrected chi connectivity index (χ4v) is 0. The van der Waals surface area contributed by atoms with Gasteiger partial charge in [-0.15, -0.1) is 0 Å². The van der Waals surface area contributed by atoms with Crippen LogP contribution < -0.4 is 103 Å². The summed E-state index contributed by atoms with van der Waals surface area (Å²) >= 11 is 0. The van der Waals surface area contributed by atoms with Crippen LogP contribution in [-0.2, 0) is 9.21 Å². The molecule has 0 rings (SSSR count). The molecule has 0 unspecified atom stereocenters. The predicted octanol–water partition coefficient (Wildman–Crippen LogP) is -2.55. The van der Waals surface area contributed by atoms with Crippen LogP contribution in [0.15, 0.2) is 0 Å². The second-order valence-electron chi connectivity index (χ2n) is 0.452. The minimum Gasteiger partial charge on any atom is 1.00 e. The zero-order valence-electron chi connectivity index (χ0n) is 4.21. The Bertz CT molecular complexity index is 43.6. The number of rotatable bonds is 0. The van der Waals surface area contributed by atoms with E-state index in [1.807, 2.05) is 0 Å². The average molecular weight is 362 g/mol. The first kappa shape index (κ1) is 19.0. The van der Waals surface area contributed by atoms with Gasteiger partial charge in [0.15, 0.2) is 0 Å². The van der Waals surface area contributed by atoms with Gasteiger partial charge in [-0.05, 0) is 0 Å². The van der Waals surface area contributed by atoms with Crippen molar-refractivity contribution in [1.82, 2.24) is 0 Å². The van der Waals surface area contributed by atoms with Gasteiger partial charge in [0.1, 0.15) is 0 Å². The Kier molecular flexibility index (Phi) is 16.1. The van der Waals surface area contributed by atoms with Crippen molar-refractivity contribution in [1.29, 1.82) is 0 Å². The van der Waals surface area contributed by atoms with Crippen LogP contribution in [0.4, 0.5) is 0 Å². The molecule has 0 radical (unpaired) electrons. The van der Waals surface area contributed by atoms with E-state index < -0.39 is 9.21 Å². The van der Waals surface area contributed by atoms with Gasteiger partial charge in [-0.25, -0.2) is 0 Å². The zero-order chi connectivity index (χ0) is 5.45. The molecule has 0 aliphatic rings. The summed E-state index contributed by atoms with van der Waals surface area (Å²) in [5.41, 5.74) is 0. The van der Waals surface area contributed by atoms with Gasteiger partial charge < -0.3 is 0 Å². The van der Waals surface area contributed by atoms with Crippen LogP contribution in [0.25, 0.3) is 0 Å². The topological polar surface area (TPSA) is 0 Å². The van der Waals surface area contributed by atoms with Crippen LogP contribution in [-0.4, -0.2) is 0 Å². The summed E-state index contributed by atoms with van der Waals surface area (Å²) in [6, 6.07) is 0. The van der Waals surface area contributed by atoms with Crippen LogP contribution in [0.3, 0.4) is 0 Å². The first-order chi connectivity index (χ1) is 2.24. The molecule has 0 aromatic heterocycles. The average Bonchev–Trinajstić information content (AvgIpc) is 0.650. The predicted molar refractivity (Wildman–Crippen MR) is 29.3 cm³/mol. The van der Waals surface area contributed by atoms with E-state index in [1.165, 1.54) is 0 Å². The van der Waals surface area contributed by atoms with E-state index in [0.717, 1.165) is 0 Å². The molecule has 8 heteroatoms. The number of hydrogen-bond acceptors (Lipinski definition) is 0. The van der Waals surface area contributed by atoms with Crippen molar-refractivity contribution in [2.24, 2.45) is 0 Å². The molecule has 0 saturated heterocycles. The molecule has 8 heavy (non-hydrogen) atoms. The largest absolute Gasteiger partial charge is 1.00 e. The molecule has 0 aliphatic carbocycles. The molecule has 0 aliphatic heterocycles. The monoisotopic (exact) mass is 359 g/mol. The molecule has 0 saturated carbocycles. The maximum atomic E-state index is 5.01. The van der Waals surface area contributed by atoms with Gasteiger partial charge >= 0.3 is 160 Å². The van der Waals surface area contributed by atoms with Crippen molar-refractivity contribution in [3.05, 3.63) is 0 Å². The summed E-state index contributed by atoms with van der Waals surface area (Å²) in [5, 5.41) is 0.